The molecule has 0 spiro atoms. The van der Waals surface area contributed by atoms with E-state index in [9.17, 15) is 14.4 Å². The van der Waals surface area contributed by atoms with Crippen molar-refractivity contribution in [3.63, 3.8) is 0 Å². The fraction of sp³-hybridized carbons (Fsp3) is 0.595. The van der Waals surface area contributed by atoms with Crippen LogP contribution in [0.3, 0.4) is 0 Å². The molecule has 0 fully saturated rings. The summed E-state index contributed by atoms with van der Waals surface area (Å²) >= 11 is 0. The van der Waals surface area contributed by atoms with Crippen molar-refractivity contribution in [2.75, 3.05) is 23.4 Å². The van der Waals surface area contributed by atoms with Crippen LogP contribution < -0.4 is 15.0 Å². The molecule has 2 aromatic rings. The van der Waals surface area contributed by atoms with Gasteiger partial charge >= 0.3 is 5.97 Å². The van der Waals surface area contributed by atoms with Crippen LogP contribution in [0.15, 0.2) is 48.5 Å². The number of carbonyl (C=O) groups is 3. The first-order valence-electron chi connectivity index (χ1n) is 17.1. The van der Waals surface area contributed by atoms with E-state index in [0.29, 0.717) is 31.0 Å². The van der Waals surface area contributed by atoms with Gasteiger partial charge in [0.25, 0.3) is 17.9 Å². The summed E-state index contributed by atoms with van der Waals surface area (Å²) in [4.78, 5) is 40.0. The fourth-order valence-electron chi connectivity index (χ4n) is 5.82. The zero-order chi connectivity index (χ0) is 31.4. The molecule has 1 heterocycles. The van der Waals surface area contributed by atoms with Crippen LogP contribution in [-0.4, -0.2) is 37.0 Å². The Hall–Kier alpha value is -3.35. The number of hydrogen-bond donors (Lipinski definition) is 1. The maximum absolute atomic E-state index is 13.4. The summed E-state index contributed by atoms with van der Waals surface area (Å²) < 4.78 is 11.2. The smallest absolute Gasteiger partial charge is 0.303 e. The Labute approximate surface area is 265 Å². The lowest BCUT2D eigenvalue weighted by molar-refractivity contribution is -0.157. The number of benzene rings is 2. The number of nitrogens with zero attached hydrogens (tertiary/aromatic N) is 1. The van der Waals surface area contributed by atoms with Crippen LogP contribution in [0.2, 0.25) is 0 Å². The zero-order valence-electron chi connectivity index (χ0n) is 27.1. The number of para-hydroxylation sites is 3. The molecule has 1 aliphatic rings. The van der Waals surface area contributed by atoms with Crippen molar-refractivity contribution in [3.8, 4) is 5.75 Å². The molecule has 1 unspecified atom stereocenters. The Morgan fingerprint density at radius 1 is 0.750 bits per heavy atom. The summed E-state index contributed by atoms with van der Waals surface area (Å²) in [6.07, 6.45) is 20.1. The first kappa shape index (κ1) is 35.1. The number of unbranched alkanes of at least 4 members (excludes halogenated alkanes) is 15. The second kappa shape index (κ2) is 20.6. The molecule has 0 radical (unpaired) electrons. The maximum atomic E-state index is 13.4. The van der Waals surface area contributed by atoms with Gasteiger partial charge in [0.15, 0.2) is 0 Å². The second-order valence-electron chi connectivity index (χ2n) is 12.0. The van der Waals surface area contributed by atoms with E-state index in [0.717, 1.165) is 24.1 Å². The lowest BCUT2D eigenvalue weighted by Crippen LogP contribution is -2.47. The minimum atomic E-state index is -1.59. The highest BCUT2D eigenvalue weighted by molar-refractivity contribution is 6.15. The quantitative estimate of drug-likeness (QED) is 0.0823. The Kier molecular flexibility index (Phi) is 16.4. The molecule has 1 aliphatic heterocycles. The first-order valence-corrected chi connectivity index (χ1v) is 17.1. The zero-order valence-corrected chi connectivity index (χ0v) is 27.1. The SMILES string of the molecule is CCCCCCCCCCCCCCCCCCOc1ccccc1NC(=O)C(OC(C)=O)C(=O)N1CCc2ccccc21. The van der Waals surface area contributed by atoms with E-state index in [2.05, 4.69) is 12.2 Å². The van der Waals surface area contributed by atoms with Crippen LogP contribution in [0, 0.1) is 0 Å². The highest BCUT2D eigenvalue weighted by Gasteiger charge is 2.37. The molecule has 0 saturated heterocycles. The molecule has 7 nitrogen and oxygen atoms in total. The monoisotopic (exact) mass is 606 g/mol. The number of carbonyl (C=O) groups excluding carboxylic acids is 3. The maximum Gasteiger partial charge on any atom is 0.303 e. The average molecular weight is 607 g/mol. The van der Waals surface area contributed by atoms with Crippen molar-refractivity contribution in [1.29, 1.82) is 0 Å². The molecule has 44 heavy (non-hydrogen) atoms. The summed E-state index contributed by atoms with van der Waals surface area (Å²) in [6, 6.07) is 14.7. The van der Waals surface area contributed by atoms with E-state index in [1.165, 1.54) is 102 Å². The third-order valence-electron chi connectivity index (χ3n) is 8.30. The van der Waals surface area contributed by atoms with Gasteiger partial charge in [-0.25, -0.2) is 0 Å². The van der Waals surface area contributed by atoms with Crippen molar-refractivity contribution < 1.29 is 23.9 Å². The van der Waals surface area contributed by atoms with Gasteiger partial charge in [0, 0.05) is 19.2 Å². The van der Waals surface area contributed by atoms with E-state index in [4.69, 9.17) is 9.47 Å². The van der Waals surface area contributed by atoms with Crippen LogP contribution in [0.5, 0.6) is 5.75 Å². The Balaban J connectivity index is 1.33. The molecule has 7 heteroatoms. The summed E-state index contributed by atoms with van der Waals surface area (Å²) in [7, 11) is 0. The van der Waals surface area contributed by atoms with Crippen molar-refractivity contribution in [2.45, 2.75) is 129 Å². The predicted octanol–water partition coefficient (Wildman–Crippen LogP) is 8.79. The second-order valence-corrected chi connectivity index (χ2v) is 12.0. The standard InChI is InChI=1S/C37H54N2O5/c1-3-4-5-6-7-8-9-10-11-12-13-14-15-16-17-22-29-43-34-26-21-19-24-32(34)38-36(41)35(44-30(2)40)37(42)39-28-27-31-23-18-20-25-33(31)39/h18-21,23-26,35H,3-17,22,27-29H2,1-2H3,(H,38,41). The number of rotatable bonds is 22. The number of fused-ring (bicyclic) bond motifs is 1. The molecule has 2 aromatic carbocycles. The van der Waals surface area contributed by atoms with Crippen LogP contribution >= 0.6 is 0 Å². The van der Waals surface area contributed by atoms with E-state index in [1.807, 2.05) is 30.3 Å². The van der Waals surface area contributed by atoms with Crippen molar-refractivity contribution >= 4 is 29.2 Å². The molecule has 242 valence electrons. The lowest BCUT2D eigenvalue weighted by Gasteiger charge is -2.23. The molecule has 0 aromatic heterocycles. The summed E-state index contributed by atoms with van der Waals surface area (Å²) in [5.41, 5.74) is 2.21. The summed E-state index contributed by atoms with van der Waals surface area (Å²) in [6.45, 7) is 4.44. The molecule has 2 amide bonds. The number of esters is 1. The van der Waals surface area contributed by atoms with Crippen molar-refractivity contribution in [3.05, 3.63) is 54.1 Å². The number of hydrogen-bond acceptors (Lipinski definition) is 5. The van der Waals surface area contributed by atoms with Gasteiger partial charge in [0.2, 0.25) is 0 Å². The summed E-state index contributed by atoms with van der Waals surface area (Å²) in [5, 5.41) is 2.76. The van der Waals surface area contributed by atoms with E-state index in [-0.39, 0.29) is 0 Å². The van der Waals surface area contributed by atoms with Crippen LogP contribution in [0.4, 0.5) is 11.4 Å². The van der Waals surface area contributed by atoms with Crippen molar-refractivity contribution in [2.24, 2.45) is 0 Å². The van der Waals surface area contributed by atoms with Gasteiger partial charge in [0.1, 0.15) is 5.75 Å². The minimum Gasteiger partial charge on any atom is -0.491 e. The van der Waals surface area contributed by atoms with Gasteiger partial charge in [-0.05, 0) is 36.6 Å². The van der Waals surface area contributed by atoms with Crippen LogP contribution in [-0.2, 0) is 25.5 Å². The molecule has 3 rings (SSSR count). The fourth-order valence-corrected chi connectivity index (χ4v) is 5.82. The first-order chi connectivity index (χ1) is 21.5. The van der Waals surface area contributed by atoms with Gasteiger partial charge in [-0.15, -0.1) is 0 Å². The van der Waals surface area contributed by atoms with Gasteiger partial charge in [0.05, 0.1) is 12.3 Å². The highest BCUT2D eigenvalue weighted by atomic mass is 16.6. The number of ether oxygens (including phenoxy) is 2. The highest BCUT2D eigenvalue weighted by Crippen LogP contribution is 2.29. The molecular weight excluding hydrogens is 552 g/mol. The van der Waals surface area contributed by atoms with Gasteiger partial charge in [-0.2, -0.15) is 0 Å². The molecule has 1 N–H and O–H groups in total. The Bertz CT molecular complexity index is 1150. The number of amides is 2. The van der Waals surface area contributed by atoms with Crippen molar-refractivity contribution in [1.82, 2.24) is 0 Å². The third kappa shape index (κ3) is 12.3. The number of nitrogens with one attached hydrogen (secondary N) is 1. The summed E-state index contributed by atoms with van der Waals surface area (Å²) in [5.74, 6) is -1.43. The van der Waals surface area contributed by atoms with Crippen LogP contribution in [0.1, 0.15) is 122 Å². The predicted molar refractivity (Wildman–Crippen MR) is 178 cm³/mol. The van der Waals surface area contributed by atoms with Gasteiger partial charge in [-0.1, -0.05) is 134 Å². The Morgan fingerprint density at radius 2 is 1.30 bits per heavy atom. The molecule has 0 aliphatic carbocycles. The topological polar surface area (TPSA) is 84.9 Å². The third-order valence-corrected chi connectivity index (χ3v) is 8.30. The molecule has 1 atom stereocenters. The normalized spacial score (nSPS) is 12.9. The van der Waals surface area contributed by atoms with E-state index < -0.39 is 23.9 Å². The molecular formula is C37H54N2O5. The van der Waals surface area contributed by atoms with E-state index in [1.54, 1.807) is 18.2 Å². The van der Waals surface area contributed by atoms with Gasteiger partial charge < -0.3 is 19.7 Å². The molecule has 0 saturated carbocycles. The number of anilines is 2. The van der Waals surface area contributed by atoms with E-state index >= 15 is 0 Å². The Morgan fingerprint density at radius 3 is 1.91 bits per heavy atom. The largest absolute Gasteiger partial charge is 0.491 e. The average Bonchev–Trinajstić information content (AvgIpc) is 3.46. The minimum absolute atomic E-state index is 0.433. The molecule has 0 bridgehead atoms. The van der Waals surface area contributed by atoms with Gasteiger partial charge in [-0.3, -0.25) is 14.4 Å². The lowest BCUT2D eigenvalue weighted by atomic mass is 10.0. The van der Waals surface area contributed by atoms with Crippen LogP contribution in [0.25, 0.3) is 0 Å².